The fourth-order valence-electron chi connectivity index (χ4n) is 2.29. The molecule has 0 N–H and O–H groups in total. The third-order valence-corrected chi connectivity index (χ3v) is 3.36. The standard InChI is InChI=1S/C18H15O2/c1-19-16-9-10-17(18(12-16)20-2)15-8-7-13-5-3-4-6-14(13)11-15/h3-10,12H,1-2H3. The van der Waals surface area contributed by atoms with Crippen LogP contribution in [-0.2, 0) is 0 Å². The van der Waals surface area contributed by atoms with Crippen molar-refractivity contribution >= 4 is 10.8 Å². The molecule has 2 nitrogen and oxygen atoms in total. The van der Waals surface area contributed by atoms with E-state index in [0.717, 1.165) is 28.0 Å². The SMILES string of the molecule is COc1ccc(-c2[c]c3ccccc3cc2)c(OC)c1. The molecule has 20 heavy (non-hydrogen) atoms. The number of methoxy groups -OCH3 is 2. The van der Waals surface area contributed by atoms with E-state index >= 15 is 0 Å². The van der Waals surface area contributed by atoms with Gasteiger partial charge in [-0.15, -0.1) is 0 Å². The summed E-state index contributed by atoms with van der Waals surface area (Å²) in [6.07, 6.45) is 0. The number of fused-ring (bicyclic) bond motifs is 1. The van der Waals surface area contributed by atoms with Crippen LogP contribution in [-0.4, -0.2) is 14.2 Å². The molecule has 0 fully saturated rings. The van der Waals surface area contributed by atoms with Crippen molar-refractivity contribution in [1.29, 1.82) is 0 Å². The van der Waals surface area contributed by atoms with Crippen LogP contribution < -0.4 is 9.47 Å². The van der Waals surface area contributed by atoms with Crippen molar-refractivity contribution in [3.63, 3.8) is 0 Å². The second-order valence-electron chi connectivity index (χ2n) is 4.53. The number of ether oxygens (including phenoxy) is 2. The molecule has 0 heterocycles. The Kier molecular flexibility index (Phi) is 3.30. The van der Waals surface area contributed by atoms with Crippen molar-refractivity contribution in [3.8, 4) is 22.6 Å². The number of hydrogen-bond donors (Lipinski definition) is 0. The molecule has 0 aliphatic carbocycles. The van der Waals surface area contributed by atoms with Crippen molar-refractivity contribution in [1.82, 2.24) is 0 Å². The summed E-state index contributed by atoms with van der Waals surface area (Å²) in [4.78, 5) is 0. The quantitative estimate of drug-likeness (QED) is 0.700. The monoisotopic (exact) mass is 263 g/mol. The Morgan fingerprint density at radius 1 is 0.850 bits per heavy atom. The lowest BCUT2D eigenvalue weighted by atomic mass is 10.0. The van der Waals surface area contributed by atoms with Crippen molar-refractivity contribution in [3.05, 3.63) is 60.7 Å². The van der Waals surface area contributed by atoms with Crippen molar-refractivity contribution in [2.45, 2.75) is 0 Å². The molecule has 0 saturated carbocycles. The van der Waals surface area contributed by atoms with Crippen LogP contribution in [0.4, 0.5) is 0 Å². The fraction of sp³-hybridized carbons (Fsp3) is 0.111. The van der Waals surface area contributed by atoms with Gasteiger partial charge in [-0.3, -0.25) is 0 Å². The molecular formula is C18H15O2. The Bertz CT molecular complexity index is 747. The molecule has 0 unspecified atom stereocenters. The summed E-state index contributed by atoms with van der Waals surface area (Å²) in [5, 5.41) is 2.28. The Morgan fingerprint density at radius 3 is 2.50 bits per heavy atom. The minimum atomic E-state index is 0.784. The minimum Gasteiger partial charge on any atom is -0.497 e. The normalized spacial score (nSPS) is 10.5. The summed E-state index contributed by atoms with van der Waals surface area (Å²) < 4.78 is 10.7. The Morgan fingerprint density at radius 2 is 1.70 bits per heavy atom. The van der Waals surface area contributed by atoms with Crippen molar-refractivity contribution in [2.75, 3.05) is 14.2 Å². The van der Waals surface area contributed by atoms with Crippen molar-refractivity contribution in [2.24, 2.45) is 0 Å². The zero-order valence-corrected chi connectivity index (χ0v) is 11.5. The Balaban J connectivity index is 2.14. The van der Waals surface area contributed by atoms with E-state index in [1.54, 1.807) is 14.2 Å². The first-order chi connectivity index (χ1) is 9.81. The summed E-state index contributed by atoms with van der Waals surface area (Å²) in [6, 6.07) is 21.6. The van der Waals surface area contributed by atoms with Crippen LogP contribution in [0.25, 0.3) is 21.9 Å². The van der Waals surface area contributed by atoms with Crippen LogP contribution in [0.1, 0.15) is 0 Å². The van der Waals surface area contributed by atoms with E-state index in [9.17, 15) is 0 Å². The van der Waals surface area contributed by atoms with Gasteiger partial charge in [0.25, 0.3) is 0 Å². The van der Waals surface area contributed by atoms with E-state index in [-0.39, 0.29) is 0 Å². The molecule has 0 atom stereocenters. The van der Waals surface area contributed by atoms with Gasteiger partial charge >= 0.3 is 0 Å². The summed E-state index contributed by atoms with van der Waals surface area (Å²) in [6.45, 7) is 0. The maximum atomic E-state index is 5.45. The molecule has 3 rings (SSSR count). The van der Waals surface area contributed by atoms with Gasteiger partial charge < -0.3 is 9.47 Å². The largest absolute Gasteiger partial charge is 0.497 e. The average Bonchev–Trinajstić information content (AvgIpc) is 2.53. The Labute approximate surface area is 118 Å². The molecule has 0 bridgehead atoms. The van der Waals surface area contributed by atoms with Gasteiger partial charge in [0.2, 0.25) is 0 Å². The highest BCUT2D eigenvalue weighted by Crippen LogP contribution is 2.34. The van der Waals surface area contributed by atoms with E-state index < -0.39 is 0 Å². The molecule has 2 heteroatoms. The highest BCUT2D eigenvalue weighted by Gasteiger charge is 2.08. The zero-order chi connectivity index (χ0) is 13.9. The van der Waals surface area contributed by atoms with Crippen LogP contribution in [0.15, 0.2) is 54.6 Å². The van der Waals surface area contributed by atoms with E-state index in [1.165, 1.54) is 5.39 Å². The minimum absolute atomic E-state index is 0.784. The van der Waals surface area contributed by atoms with Crippen molar-refractivity contribution < 1.29 is 9.47 Å². The first kappa shape index (κ1) is 12.5. The van der Waals surface area contributed by atoms with Crippen LogP contribution in [0.3, 0.4) is 0 Å². The van der Waals surface area contributed by atoms with Gasteiger partial charge in [-0.2, -0.15) is 0 Å². The molecule has 0 aliphatic heterocycles. The molecule has 1 radical (unpaired) electrons. The molecule has 3 aromatic carbocycles. The third-order valence-electron chi connectivity index (χ3n) is 3.36. The summed E-state index contributed by atoms with van der Waals surface area (Å²) in [5.41, 5.74) is 2.03. The van der Waals surface area contributed by atoms with Gasteiger partial charge in [0.1, 0.15) is 11.5 Å². The van der Waals surface area contributed by atoms with Gasteiger partial charge in [-0.1, -0.05) is 36.4 Å². The lowest BCUT2D eigenvalue weighted by Gasteiger charge is -2.11. The summed E-state index contributed by atoms with van der Waals surface area (Å²) in [5.74, 6) is 1.57. The second-order valence-corrected chi connectivity index (χ2v) is 4.53. The average molecular weight is 263 g/mol. The zero-order valence-electron chi connectivity index (χ0n) is 11.5. The highest BCUT2D eigenvalue weighted by atomic mass is 16.5. The van der Waals surface area contributed by atoms with Crippen LogP contribution in [0, 0.1) is 6.07 Å². The first-order valence-electron chi connectivity index (χ1n) is 6.45. The van der Waals surface area contributed by atoms with Crippen LogP contribution in [0.5, 0.6) is 11.5 Å². The predicted molar refractivity (Wildman–Crippen MR) is 81.3 cm³/mol. The smallest absolute Gasteiger partial charge is 0.130 e. The maximum Gasteiger partial charge on any atom is 0.130 e. The summed E-state index contributed by atoms with van der Waals surface area (Å²) in [7, 11) is 3.32. The predicted octanol–water partition coefficient (Wildman–Crippen LogP) is 4.32. The molecule has 3 aromatic rings. The third kappa shape index (κ3) is 2.21. The molecule has 0 spiro atoms. The Hall–Kier alpha value is -2.48. The number of benzene rings is 3. The topological polar surface area (TPSA) is 18.5 Å². The lowest BCUT2D eigenvalue weighted by Crippen LogP contribution is -1.90. The fourth-order valence-corrected chi connectivity index (χ4v) is 2.29. The first-order valence-corrected chi connectivity index (χ1v) is 6.45. The maximum absolute atomic E-state index is 5.45. The lowest BCUT2D eigenvalue weighted by molar-refractivity contribution is 0.395. The van der Waals surface area contributed by atoms with Crippen LogP contribution >= 0.6 is 0 Å². The van der Waals surface area contributed by atoms with Crippen LogP contribution in [0.2, 0.25) is 0 Å². The summed E-state index contributed by atoms with van der Waals surface area (Å²) >= 11 is 0. The van der Waals surface area contributed by atoms with Gasteiger partial charge in [-0.05, 0) is 34.5 Å². The molecule has 0 saturated heterocycles. The van der Waals surface area contributed by atoms with E-state index in [4.69, 9.17) is 9.47 Å². The highest BCUT2D eigenvalue weighted by molar-refractivity contribution is 5.87. The van der Waals surface area contributed by atoms with E-state index in [2.05, 4.69) is 30.3 Å². The van der Waals surface area contributed by atoms with E-state index in [1.807, 2.05) is 30.3 Å². The van der Waals surface area contributed by atoms with Gasteiger partial charge in [0.15, 0.2) is 0 Å². The molecule has 0 amide bonds. The van der Waals surface area contributed by atoms with Gasteiger partial charge in [-0.25, -0.2) is 0 Å². The molecule has 0 aromatic heterocycles. The molecule has 0 aliphatic rings. The number of hydrogen-bond acceptors (Lipinski definition) is 2. The van der Waals surface area contributed by atoms with Gasteiger partial charge in [0.05, 0.1) is 14.2 Å². The number of rotatable bonds is 3. The second kappa shape index (κ2) is 5.25. The van der Waals surface area contributed by atoms with E-state index in [0.29, 0.717) is 0 Å². The molecule has 99 valence electrons. The molecular weight excluding hydrogens is 248 g/mol. The van der Waals surface area contributed by atoms with Gasteiger partial charge in [0, 0.05) is 11.6 Å².